The zero-order chi connectivity index (χ0) is 11.0. The van der Waals surface area contributed by atoms with E-state index in [-0.39, 0.29) is 12.1 Å². The number of nitrogens with two attached hydrogens (primary N) is 1. The second-order valence-electron chi connectivity index (χ2n) is 4.01. The van der Waals surface area contributed by atoms with Crippen molar-refractivity contribution >= 4 is 0 Å². The Morgan fingerprint density at radius 3 is 2.81 bits per heavy atom. The largest absolute Gasteiger partial charge is 0.488 e. The van der Waals surface area contributed by atoms with Crippen molar-refractivity contribution in [2.75, 3.05) is 0 Å². The van der Waals surface area contributed by atoms with Gasteiger partial charge in [-0.25, -0.2) is 0 Å². The fraction of sp³-hybridized carbons (Fsp3) is 0.231. The van der Waals surface area contributed by atoms with E-state index in [2.05, 4.69) is 6.07 Å². The zero-order valence-corrected chi connectivity index (χ0v) is 8.80. The van der Waals surface area contributed by atoms with E-state index in [9.17, 15) is 0 Å². The molecule has 2 aromatic rings. The normalized spacial score (nSPS) is 20.2. The van der Waals surface area contributed by atoms with Gasteiger partial charge in [0, 0.05) is 6.42 Å². The molecule has 2 heterocycles. The van der Waals surface area contributed by atoms with Crippen molar-refractivity contribution in [3.8, 4) is 5.75 Å². The summed E-state index contributed by atoms with van der Waals surface area (Å²) in [5, 5.41) is 0. The first-order chi connectivity index (χ1) is 7.84. The summed E-state index contributed by atoms with van der Waals surface area (Å²) in [5.41, 5.74) is 7.32. The first-order valence-corrected chi connectivity index (χ1v) is 5.38. The smallest absolute Gasteiger partial charge is 0.125 e. The molecule has 0 spiro atoms. The van der Waals surface area contributed by atoms with Crippen molar-refractivity contribution in [1.29, 1.82) is 0 Å². The van der Waals surface area contributed by atoms with Crippen molar-refractivity contribution < 1.29 is 9.15 Å². The Balaban J connectivity index is 1.81. The first-order valence-electron chi connectivity index (χ1n) is 5.38. The average molecular weight is 215 g/mol. The van der Waals surface area contributed by atoms with Gasteiger partial charge >= 0.3 is 0 Å². The van der Waals surface area contributed by atoms with Crippen LogP contribution in [0.3, 0.4) is 0 Å². The van der Waals surface area contributed by atoms with Gasteiger partial charge in [-0.3, -0.25) is 0 Å². The molecule has 1 aliphatic heterocycles. The molecule has 0 bridgehead atoms. The van der Waals surface area contributed by atoms with E-state index in [0.29, 0.717) is 0 Å². The van der Waals surface area contributed by atoms with Crippen LogP contribution in [0.1, 0.15) is 17.4 Å². The van der Waals surface area contributed by atoms with E-state index in [1.807, 2.05) is 30.3 Å². The highest BCUT2D eigenvalue weighted by atomic mass is 16.5. The molecule has 2 atom stereocenters. The monoisotopic (exact) mass is 215 g/mol. The zero-order valence-electron chi connectivity index (χ0n) is 8.80. The third-order valence-electron chi connectivity index (χ3n) is 2.94. The minimum atomic E-state index is -0.206. The van der Waals surface area contributed by atoms with Crippen LogP contribution in [0.2, 0.25) is 0 Å². The lowest BCUT2D eigenvalue weighted by atomic mass is 10.0. The predicted octanol–water partition coefficient (Wildman–Crippen LogP) is 2.28. The average Bonchev–Trinajstić information content (AvgIpc) is 2.97. The van der Waals surface area contributed by atoms with Gasteiger partial charge < -0.3 is 14.9 Å². The number of para-hydroxylation sites is 1. The highest BCUT2D eigenvalue weighted by Crippen LogP contribution is 2.32. The highest BCUT2D eigenvalue weighted by molar-refractivity contribution is 5.38. The molecular formula is C13H13NO2. The molecule has 0 radical (unpaired) electrons. The van der Waals surface area contributed by atoms with Crippen LogP contribution in [0.4, 0.5) is 0 Å². The molecule has 2 unspecified atom stereocenters. The summed E-state index contributed by atoms with van der Waals surface area (Å²) < 4.78 is 11.1. The summed E-state index contributed by atoms with van der Waals surface area (Å²) in [6.07, 6.45) is 2.46. The summed E-state index contributed by atoms with van der Waals surface area (Å²) in [6.45, 7) is 0. The van der Waals surface area contributed by atoms with Gasteiger partial charge in [-0.05, 0) is 23.8 Å². The van der Waals surface area contributed by atoms with Crippen LogP contribution in [-0.4, -0.2) is 6.10 Å². The molecule has 3 nitrogen and oxygen atoms in total. The number of furan rings is 1. The molecule has 0 aliphatic carbocycles. The predicted molar refractivity (Wildman–Crippen MR) is 60.2 cm³/mol. The Kier molecular flexibility index (Phi) is 2.18. The molecule has 0 fully saturated rings. The maximum atomic E-state index is 6.11. The van der Waals surface area contributed by atoms with Gasteiger partial charge in [0.05, 0.1) is 6.26 Å². The lowest BCUT2D eigenvalue weighted by Crippen LogP contribution is -2.29. The Labute approximate surface area is 93.8 Å². The van der Waals surface area contributed by atoms with Gasteiger partial charge in [-0.2, -0.15) is 0 Å². The fourth-order valence-corrected chi connectivity index (χ4v) is 2.07. The van der Waals surface area contributed by atoms with Crippen molar-refractivity contribution in [2.45, 2.75) is 18.6 Å². The van der Waals surface area contributed by atoms with Crippen LogP contribution in [0.5, 0.6) is 5.75 Å². The van der Waals surface area contributed by atoms with Crippen LogP contribution >= 0.6 is 0 Å². The van der Waals surface area contributed by atoms with Crippen molar-refractivity contribution in [3.63, 3.8) is 0 Å². The van der Waals surface area contributed by atoms with E-state index < -0.39 is 0 Å². The van der Waals surface area contributed by atoms with Crippen LogP contribution in [0.25, 0.3) is 0 Å². The summed E-state index contributed by atoms with van der Waals surface area (Å²) in [7, 11) is 0. The quantitative estimate of drug-likeness (QED) is 0.836. The number of ether oxygens (including phenoxy) is 1. The van der Waals surface area contributed by atoms with Gasteiger partial charge in [0.15, 0.2) is 0 Å². The molecular weight excluding hydrogens is 202 g/mol. The maximum absolute atomic E-state index is 6.11. The topological polar surface area (TPSA) is 48.4 Å². The summed E-state index contributed by atoms with van der Waals surface area (Å²) in [6, 6.07) is 11.6. The molecule has 0 amide bonds. The summed E-state index contributed by atoms with van der Waals surface area (Å²) >= 11 is 0. The molecule has 16 heavy (non-hydrogen) atoms. The van der Waals surface area contributed by atoms with Gasteiger partial charge in [0.1, 0.15) is 23.7 Å². The second-order valence-corrected chi connectivity index (χ2v) is 4.01. The number of hydrogen-bond donors (Lipinski definition) is 1. The summed E-state index contributed by atoms with van der Waals surface area (Å²) in [5.74, 6) is 1.72. The SMILES string of the molecule is NC(c1ccco1)C1Cc2ccccc2O1. The number of rotatable bonds is 2. The Morgan fingerprint density at radius 2 is 2.06 bits per heavy atom. The van der Waals surface area contributed by atoms with Crippen LogP contribution in [0, 0.1) is 0 Å². The maximum Gasteiger partial charge on any atom is 0.125 e. The van der Waals surface area contributed by atoms with Gasteiger partial charge in [-0.1, -0.05) is 18.2 Å². The molecule has 1 aliphatic rings. The first kappa shape index (κ1) is 9.48. The molecule has 82 valence electrons. The highest BCUT2D eigenvalue weighted by Gasteiger charge is 2.30. The van der Waals surface area contributed by atoms with Gasteiger partial charge in [0.25, 0.3) is 0 Å². The molecule has 0 saturated heterocycles. The second kappa shape index (κ2) is 3.68. The van der Waals surface area contributed by atoms with E-state index in [4.69, 9.17) is 14.9 Å². The molecule has 1 aromatic carbocycles. The van der Waals surface area contributed by atoms with Crippen molar-refractivity contribution in [1.82, 2.24) is 0 Å². The van der Waals surface area contributed by atoms with Crippen molar-refractivity contribution in [2.24, 2.45) is 5.73 Å². The third kappa shape index (κ3) is 1.49. The van der Waals surface area contributed by atoms with E-state index in [1.54, 1.807) is 6.26 Å². The Morgan fingerprint density at radius 1 is 1.19 bits per heavy atom. The minimum Gasteiger partial charge on any atom is -0.488 e. The van der Waals surface area contributed by atoms with Gasteiger partial charge in [-0.15, -0.1) is 0 Å². The molecule has 2 N–H and O–H groups in total. The standard InChI is InChI=1S/C13H13NO2/c14-13(11-6-3-7-15-11)12-8-9-4-1-2-5-10(9)16-12/h1-7,12-13H,8,14H2. The fourth-order valence-electron chi connectivity index (χ4n) is 2.07. The lowest BCUT2D eigenvalue weighted by Gasteiger charge is -2.16. The van der Waals surface area contributed by atoms with Crippen molar-refractivity contribution in [3.05, 3.63) is 54.0 Å². The van der Waals surface area contributed by atoms with E-state index in [0.717, 1.165) is 17.9 Å². The molecule has 3 rings (SSSR count). The van der Waals surface area contributed by atoms with Crippen LogP contribution < -0.4 is 10.5 Å². The molecule has 1 aromatic heterocycles. The van der Waals surface area contributed by atoms with Gasteiger partial charge in [0.2, 0.25) is 0 Å². The van der Waals surface area contributed by atoms with Crippen LogP contribution in [0.15, 0.2) is 47.1 Å². The number of benzene rings is 1. The number of fused-ring (bicyclic) bond motifs is 1. The molecule has 3 heteroatoms. The lowest BCUT2D eigenvalue weighted by molar-refractivity contribution is 0.186. The summed E-state index contributed by atoms with van der Waals surface area (Å²) in [4.78, 5) is 0. The Hall–Kier alpha value is -1.74. The van der Waals surface area contributed by atoms with E-state index >= 15 is 0 Å². The Bertz CT molecular complexity index is 453. The number of hydrogen-bond acceptors (Lipinski definition) is 3. The van der Waals surface area contributed by atoms with Crippen LogP contribution in [-0.2, 0) is 6.42 Å². The third-order valence-corrected chi connectivity index (χ3v) is 2.94. The minimum absolute atomic E-state index is 0.0245. The molecule has 0 saturated carbocycles. The van der Waals surface area contributed by atoms with E-state index in [1.165, 1.54) is 5.56 Å².